The second kappa shape index (κ2) is 9.46. The van der Waals surface area contributed by atoms with Crippen molar-refractivity contribution in [3.8, 4) is 17.1 Å². The Balaban J connectivity index is 1.54. The highest BCUT2D eigenvalue weighted by atomic mass is 35.5. The Kier molecular flexibility index (Phi) is 6.47. The van der Waals surface area contributed by atoms with E-state index in [0.29, 0.717) is 34.1 Å². The van der Waals surface area contributed by atoms with Crippen LogP contribution in [0.4, 0.5) is 0 Å². The number of fused-ring (bicyclic) bond motifs is 1. The van der Waals surface area contributed by atoms with Crippen molar-refractivity contribution in [3.05, 3.63) is 81.9 Å². The summed E-state index contributed by atoms with van der Waals surface area (Å²) >= 11 is 6.43. The largest absolute Gasteiger partial charge is 0.482 e. The summed E-state index contributed by atoms with van der Waals surface area (Å²) in [4.78, 5) is 31.9. The number of methoxy groups -OCH3 is 1. The minimum Gasteiger partial charge on any atom is -0.482 e. The lowest BCUT2D eigenvalue weighted by Gasteiger charge is -2.07. The highest BCUT2D eigenvalue weighted by molar-refractivity contribution is 6.33. The van der Waals surface area contributed by atoms with Gasteiger partial charge >= 0.3 is 5.97 Å². The number of carbonyl (C=O) groups is 2. The first-order valence-corrected chi connectivity index (χ1v) is 10.8. The van der Waals surface area contributed by atoms with E-state index in [-0.39, 0.29) is 12.4 Å². The maximum absolute atomic E-state index is 12.9. The van der Waals surface area contributed by atoms with E-state index in [9.17, 15) is 9.59 Å². The number of hydrogen-bond donors (Lipinski definition) is 1. The molecule has 7 heteroatoms. The quantitative estimate of drug-likeness (QED) is 0.290. The Bertz CT molecular complexity index is 1360. The summed E-state index contributed by atoms with van der Waals surface area (Å²) in [6.45, 7) is 3.90. The van der Waals surface area contributed by atoms with Gasteiger partial charge in [-0.2, -0.15) is 0 Å². The second-order valence-corrected chi connectivity index (χ2v) is 8.25. The van der Waals surface area contributed by atoms with E-state index >= 15 is 0 Å². The van der Waals surface area contributed by atoms with Gasteiger partial charge in [0.25, 0.3) is 0 Å². The zero-order valence-corrected chi connectivity index (χ0v) is 19.3. The molecule has 1 aromatic heterocycles. The molecule has 0 saturated heterocycles. The SMILES string of the molecule is COC(=O)COc1ccc(-c2nc3ccc(C(=O)Cc4ccc(C)c(C)c4)cc3[nH]2)c(Cl)c1. The molecule has 4 aromatic rings. The number of nitrogens with zero attached hydrogens (tertiary/aromatic N) is 1. The van der Waals surface area contributed by atoms with Gasteiger partial charge in [0.1, 0.15) is 11.6 Å². The molecular formula is C26H23ClN2O4. The molecule has 0 spiro atoms. The lowest BCUT2D eigenvalue weighted by atomic mass is 9.99. The Hall–Kier alpha value is -3.64. The van der Waals surface area contributed by atoms with Crippen molar-refractivity contribution in [1.29, 1.82) is 0 Å². The van der Waals surface area contributed by atoms with Crippen LogP contribution in [0.3, 0.4) is 0 Å². The summed E-state index contributed by atoms with van der Waals surface area (Å²) in [5.41, 5.74) is 6.16. The van der Waals surface area contributed by atoms with Gasteiger partial charge in [0, 0.05) is 17.5 Å². The molecule has 4 rings (SSSR count). The monoisotopic (exact) mass is 462 g/mol. The number of imidazole rings is 1. The molecule has 33 heavy (non-hydrogen) atoms. The van der Waals surface area contributed by atoms with Crippen LogP contribution in [0.2, 0.25) is 5.02 Å². The molecule has 3 aromatic carbocycles. The molecule has 0 aliphatic heterocycles. The van der Waals surface area contributed by atoms with E-state index in [1.807, 2.05) is 31.2 Å². The highest BCUT2D eigenvalue weighted by Gasteiger charge is 2.14. The first-order chi connectivity index (χ1) is 15.8. The van der Waals surface area contributed by atoms with Crippen molar-refractivity contribution >= 4 is 34.4 Å². The third kappa shape index (κ3) is 5.07. The summed E-state index contributed by atoms with van der Waals surface area (Å²) in [6, 6.07) is 16.6. The van der Waals surface area contributed by atoms with Gasteiger partial charge in [0.15, 0.2) is 12.4 Å². The van der Waals surface area contributed by atoms with Crippen LogP contribution in [0.1, 0.15) is 27.0 Å². The number of ether oxygens (including phenoxy) is 2. The molecule has 168 valence electrons. The molecule has 6 nitrogen and oxygen atoms in total. The fraction of sp³-hybridized carbons (Fsp3) is 0.192. The molecule has 0 aliphatic carbocycles. The number of aryl methyl sites for hydroxylation is 2. The number of nitrogens with one attached hydrogen (secondary N) is 1. The van der Waals surface area contributed by atoms with Gasteiger partial charge in [0.2, 0.25) is 0 Å². The molecule has 0 bridgehead atoms. The lowest BCUT2D eigenvalue weighted by molar-refractivity contribution is -0.142. The van der Waals surface area contributed by atoms with E-state index in [4.69, 9.17) is 16.3 Å². The maximum atomic E-state index is 12.9. The molecule has 1 N–H and O–H groups in total. The highest BCUT2D eigenvalue weighted by Crippen LogP contribution is 2.31. The number of aromatic amines is 1. The molecule has 0 saturated carbocycles. The predicted molar refractivity (Wildman–Crippen MR) is 128 cm³/mol. The first kappa shape index (κ1) is 22.6. The van der Waals surface area contributed by atoms with Crippen molar-refractivity contribution < 1.29 is 19.1 Å². The van der Waals surface area contributed by atoms with Crippen LogP contribution in [0, 0.1) is 13.8 Å². The minimum atomic E-state index is -0.477. The number of benzene rings is 3. The van der Waals surface area contributed by atoms with Crippen LogP contribution in [-0.2, 0) is 16.0 Å². The van der Waals surface area contributed by atoms with E-state index in [1.165, 1.54) is 18.2 Å². The van der Waals surface area contributed by atoms with Crippen LogP contribution in [0.25, 0.3) is 22.4 Å². The Morgan fingerprint density at radius 2 is 1.82 bits per heavy atom. The number of H-pyrrole nitrogens is 1. The van der Waals surface area contributed by atoms with Crippen molar-refractivity contribution in [2.75, 3.05) is 13.7 Å². The van der Waals surface area contributed by atoms with Gasteiger partial charge in [-0.25, -0.2) is 9.78 Å². The summed E-state index contributed by atoms with van der Waals surface area (Å²) < 4.78 is 9.93. The van der Waals surface area contributed by atoms with Gasteiger partial charge < -0.3 is 14.5 Å². The third-order valence-electron chi connectivity index (χ3n) is 5.52. The molecule has 0 fully saturated rings. The number of rotatable bonds is 7. The summed E-state index contributed by atoms with van der Waals surface area (Å²) in [5, 5.41) is 0.419. The number of aromatic nitrogens is 2. The Morgan fingerprint density at radius 3 is 2.55 bits per heavy atom. The number of Topliss-reactive ketones (excluding diaryl/α,β-unsaturated/α-hetero) is 1. The number of esters is 1. The van der Waals surface area contributed by atoms with Gasteiger partial charge in [-0.15, -0.1) is 0 Å². The van der Waals surface area contributed by atoms with Crippen molar-refractivity contribution in [2.45, 2.75) is 20.3 Å². The van der Waals surface area contributed by atoms with E-state index in [1.54, 1.807) is 24.3 Å². The standard InChI is InChI=1S/C26H23ClN2O4/c1-15-4-5-17(10-16(15)2)11-24(30)18-6-9-22-23(12-18)29-26(28-22)20-8-7-19(13-21(20)27)33-14-25(31)32-3/h4-10,12-13H,11,14H2,1-3H3,(H,28,29). The number of halogens is 1. The fourth-order valence-corrected chi connectivity index (χ4v) is 3.75. The predicted octanol–water partition coefficient (Wildman–Crippen LogP) is 5.48. The van der Waals surface area contributed by atoms with Crippen LogP contribution in [0.5, 0.6) is 5.75 Å². The molecular weight excluding hydrogens is 440 g/mol. The van der Waals surface area contributed by atoms with E-state index < -0.39 is 5.97 Å². The molecule has 0 aliphatic rings. The summed E-state index contributed by atoms with van der Waals surface area (Å²) in [6.07, 6.45) is 0.340. The van der Waals surface area contributed by atoms with Crippen molar-refractivity contribution in [3.63, 3.8) is 0 Å². The molecule has 0 unspecified atom stereocenters. The van der Waals surface area contributed by atoms with E-state index in [0.717, 1.165) is 16.6 Å². The normalized spacial score (nSPS) is 10.9. The van der Waals surface area contributed by atoms with Crippen LogP contribution < -0.4 is 4.74 Å². The maximum Gasteiger partial charge on any atom is 0.343 e. The average Bonchev–Trinajstić information content (AvgIpc) is 3.22. The van der Waals surface area contributed by atoms with Gasteiger partial charge in [0.05, 0.1) is 23.2 Å². The van der Waals surface area contributed by atoms with Gasteiger partial charge in [-0.3, -0.25) is 4.79 Å². The summed E-state index contributed by atoms with van der Waals surface area (Å²) in [7, 11) is 1.30. The Morgan fingerprint density at radius 1 is 1.00 bits per heavy atom. The molecule has 0 radical (unpaired) electrons. The van der Waals surface area contributed by atoms with Crippen molar-refractivity contribution in [2.24, 2.45) is 0 Å². The minimum absolute atomic E-state index is 0.0430. The zero-order valence-electron chi connectivity index (χ0n) is 18.6. The van der Waals surface area contributed by atoms with Crippen LogP contribution in [0.15, 0.2) is 54.6 Å². The van der Waals surface area contributed by atoms with Crippen LogP contribution in [-0.4, -0.2) is 35.4 Å². The van der Waals surface area contributed by atoms with E-state index in [2.05, 4.69) is 27.7 Å². The topological polar surface area (TPSA) is 81.3 Å². The third-order valence-corrected chi connectivity index (χ3v) is 5.83. The number of carbonyl (C=O) groups excluding carboxylic acids is 2. The molecule has 0 atom stereocenters. The number of ketones is 1. The second-order valence-electron chi connectivity index (χ2n) is 7.84. The zero-order chi connectivity index (χ0) is 23.5. The van der Waals surface area contributed by atoms with Gasteiger partial charge in [-0.05, 0) is 66.9 Å². The smallest absolute Gasteiger partial charge is 0.343 e. The Labute approximate surface area is 196 Å². The lowest BCUT2D eigenvalue weighted by Crippen LogP contribution is -2.12. The van der Waals surface area contributed by atoms with Gasteiger partial charge in [-0.1, -0.05) is 29.8 Å². The fourth-order valence-electron chi connectivity index (χ4n) is 3.49. The average molecular weight is 463 g/mol. The van der Waals surface area contributed by atoms with Crippen LogP contribution >= 0.6 is 11.6 Å². The van der Waals surface area contributed by atoms with Crippen molar-refractivity contribution in [1.82, 2.24) is 9.97 Å². The molecule has 0 amide bonds. The first-order valence-electron chi connectivity index (χ1n) is 10.4. The number of hydrogen-bond acceptors (Lipinski definition) is 5. The molecule has 1 heterocycles. The summed E-state index contributed by atoms with van der Waals surface area (Å²) in [5.74, 6) is 0.592.